The summed E-state index contributed by atoms with van der Waals surface area (Å²) in [6.07, 6.45) is 18.6. The van der Waals surface area contributed by atoms with Gasteiger partial charge in [-0.1, -0.05) is 97.3 Å². The van der Waals surface area contributed by atoms with Crippen molar-refractivity contribution in [1.29, 1.82) is 0 Å². The molecule has 0 aliphatic carbocycles. The van der Waals surface area contributed by atoms with Crippen LogP contribution in [0.2, 0.25) is 0 Å². The number of carbonyl (C=O) groups is 1. The normalized spacial score (nSPS) is 21.0. The summed E-state index contributed by atoms with van der Waals surface area (Å²) >= 11 is 0. The van der Waals surface area contributed by atoms with Crippen molar-refractivity contribution in [2.24, 2.45) is 5.92 Å². The zero-order valence-electron chi connectivity index (χ0n) is 16.8. The quantitative estimate of drug-likeness (QED) is 0.251. The maximum atomic E-state index is 11.6. The minimum Gasteiger partial charge on any atom is -0.461 e. The van der Waals surface area contributed by atoms with Crippen molar-refractivity contribution in [3.63, 3.8) is 0 Å². The van der Waals surface area contributed by atoms with E-state index in [9.17, 15) is 9.90 Å². The van der Waals surface area contributed by atoms with Gasteiger partial charge in [0.05, 0.1) is 12.0 Å². The van der Waals surface area contributed by atoms with Crippen molar-refractivity contribution < 1.29 is 14.6 Å². The van der Waals surface area contributed by atoms with Gasteiger partial charge in [-0.2, -0.15) is 0 Å². The highest BCUT2D eigenvalue weighted by Crippen LogP contribution is 2.31. The molecule has 148 valence electrons. The number of cyclic esters (lactones) is 1. The first kappa shape index (κ1) is 22.5. The fourth-order valence-corrected chi connectivity index (χ4v) is 3.78. The van der Waals surface area contributed by atoms with Crippen LogP contribution < -0.4 is 0 Å². The van der Waals surface area contributed by atoms with Crippen LogP contribution >= 0.6 is 0 Å². The lowest BCUT2D eigenvalue weighted by Gasteiger charge is -2.36. The number of ether oxygens (including phenoxy) is 1. The topological polar surface area (TPSA) is 46.5 Å². The molecule has 0 bridgehead atoms. The van der Waals surface area contributed by atoms with Gasteiger partial charge in [-0.15, -0.1) is 0 Å². The molecule has 0 aromatic rings. The molecular weight excluding hydrogens is 312 g/mol. The Morgan fingerprint density at radius 1 is 0.840 bits per heavy atom. The summed E-state index contributed by atoms with van der Waals surface area (Å²) in [4.78, 5) is 11.6. The first-order chi connectivity index (χ1) is 12.2. The molecule has 0 saturated carbocycles. The second-order valence-corrected chi connectivity index (χ2v) is 7.94. The molecule has 1 N–H and O–H groups in total. The van der Waals surface area contributed by atoms with Crippen molar-refractivity contribution in [1.82, 2.24) is 0 Å². The van der Waals surface area contributed by atoms with Crippen LogP contribution in [0.1, 0.15) is 117 Å². The van der Waals surface area contributed by atoms with Crippen molar-refractivity contribution in [3.05, 3.63) is 0 Å². The Labute approximate surface area is 155 Å². The molecule has 1 saturated heterocycles. The third kappa shape index (κ3) is 10.2. The predicted molar refractivity (Wildman–Crippen MR) is 105 cm³/mol. The Bertz CT molecular complexity index is 329. The standard InChI is InChI=1S/C22H42O3/c1-3-5-7-9-10-11-12-13-14-16-19(23)18-21-20(22(24)25-21)17-15-8-6-4-2/h19-21,23H,3-18H2,1-2H3/t19?,20-,21-/m1/s1. The van der Waals surface area contributed by atoms with Crippen molar-refractivity contribution in [2.75, 3.05) is 0 Å². The van der Waals surface area contributed by atoms with Crippen LogP contribution in [-0.2, 0) is 9.53 Å². The number of aliphatic hydroxyl groups excluding tert-OH is 1. The molecule has 1 fully saturated rings. The van der Waals surface area contributed by atoms with E-state index in [1.807, 2.05) is 0 Å². The molecule has 25 heavy (non-hydrogen) atoms. The van der Waals surface area contributed by atoms with Crippen molar-refractivity contribution in [2.45, 2.75) is 129 Å². The smallest absolute Gasteiger partial charge is 0.313 e. The van der Waals surface area contributed by atoms with Gasteiger partial charge >= 0.3 is 5.97 Å². The maximum absolute atomic E-state index is 11.6. The third-order valence-corrected chi connectivity index (χ3v) is 5.53. The summed E-state index contributed by atoms with van der Waals surface area (Å²) in [5.41, 5.74) is 0. The molecule has 1 aliphatic heterocycles. The van der Waals surface area contributed by atoms with Crippen molar-refractivity contribution in [3.8, 4) is 0 Å². The van der Waals surface area contributed by atoms with E-state index in [1.165, 1.54) is 70.6 Å². The van der Waals surface area contributed by atoms with E-state index in [4.69, 9.17) is 4.74 Å². The fourth-order valence-electron chi connectivity index (χ4n) is 3.78. The molecule has 3 heteroatoms. The summed E-state index contributed by atoms with van der Waals surface area (Å²) in [6.45, 7) is 4.45. The van der Waals surface area contributed by atoms with Crippen LogP contribution in [0.4, 0.5) is 0 Å². The summed E-state index contributed by atoms with van der Waals surface area (Å²) in [7, 11) is 0. The largest absolute Gasteiger partial charge is 0.461 e. The summed E-state index contributed by atoms with van der Waals surface area (Å²) in [5, 5.41) is 10.2. The van der Waals surface area contributed by atoms with Crippen LogP contribution in [0.3, 0.4) is 0 Å². The van der Waals surface area contributed by atoms with Gasteiger partial charge in [0.2, 0.25) is 0 Å². The SMILES string of the molecule is CCCCCCCCCCCC(O)C[C@H]1OC(=O)[C@@H]1CCCCCC. The number of aliphatic hydroxyl groups is 1. The zero-order chi connectivity index (χ0) is 18.3. The second-order valence-electron chi connectivity index (χ2n) is 7.94. The van der Waals surface area contributed by atoms with Gasteiger partial charge in [0, 0.05) is 6.42 Å². The molecule has 1 rings (SSSR count). The molecule has 0 radical (unpaired) electrons. The van der Waals surface area contributed by atoms with E-state index in [0.29, 0.717) is 6.42 Å². The zero-order valence-corrected chi connectivity index (χ0v) is 16.8. The molecule has 1 aliphatic rings. The first-order valence-corrected chi connectivity index (χ1v) is 11.1. The van der Waals surface area contributed by atoms with E-state index < -0.39 is 0 Å². The van der Waals surface area contributed by atoms with Crippen LogP contribution in [0, 0.1) is 5.92 Å². The van der Waals surface area contributed by atoms with E-state index in [1.54, 1.807) is 0 Å². The van der Waals surface area contributed by atoms with Gasteiger partial charge in [-0.25, -0.2) is 0 Å². The lowest BCUT2D eigenvalue weighted by Crippen LogP contribution is -2.46. The van der Waals surface area contributed by atoms with Crippen LogP contribution in [0.25, 0.3) is 0 Å². The Morgan fingerprint density at radius 3 is 1.92 bits per heavy atom. The molecule has 0 aromatic heterocycles. The maximum Gasteiger partial charge on any atom is 0.313 e. The van der Waals surface area contributed by atoms with Crippen LogP contribution in [0.5, 0.6) is 0 Å². The highest BCUT2D eigenvalue weighted by atomic mass is 16.6. The van der Waals surface area contributed by atoms with Gasteiger partial charge in [0.25, 0.3) is 0 Å². The van der Waals surface area contributed by atoms with Gasteiger partial charge in [-0.05, 0) is 12.8 Å². The van der Waals surface area contributed by atoms with E-state index in [0.717, 1.165) is 25.7 Å². The van der Waals surface area contributed by atoms with E-state index in [2.05, 4.69) is 13.8 Å². The molecule has 3 atom stereocenters. The molecular formula is C22H42O3. The highest BCUT2D eigenvalue weighted by molar-refractivity contribution is 5.78. The van der Waals surface area contributed by atoms with E-state index in [-0.39, 0.29) is 24.1 Å². The minimum atomic E-state index is -0.305. The van der Waals surface area contributed by atoms with Crippen LogP contribution in [-0.4, -0.2) is 23.3 Å². The lowest BCUT2D eigenvalue weighted by atomic mass is 9.86. The number of hydrogen-bond acceptors (Lipinski definition) is 3. The summed E-state index contributed by atoms with van der Waals surface area (Å²) in [6, 6.07) is 0. The Kier molecular flexibility index (Phi) is 13.1. The van der Waals surface area contributed by atoms with Gasteiger partial charge in [0.1, 0.15) is 6.10 Å². The average molecular weight is 355 g/mol. The highest BCUT2D eigenvalue weighted by Gasteiger charge is 2.42. The molecule has 0 amide bonds. The van der Waals surface area contributed by atoms with Crippen LogP contribution in [0.15, 0.2) is 0 Å². The molecule has 0 spiro atoms. The monoisotopic (exact) mass is 354 g/mol. The van der Waals surface area contributed by atoms with Gasteiger partial charge in [-0.3, -0.25) is 4.79 Å². The number of carbonyl (C=O) groups excluding carboxylic acids is 1. The van der Waals surface area contributed by atoms with Crippen molar-refractivity contribution >= 4 is 5.97 Å². The Balaban J connectivity index is 1.98. The first-order valence-electron chi connectivity index (χ1n) is 11.1. The van der Waals surface area contributed by atoms with E-state index >= 15 is 0 Å². The summed E-state index contributed by atoms with van der Waals surface area (Å²) < 4.78 is 5.27. The summed E-state index contributed by atoms with van der Waals surface area (Å²) in [5.74, 6) is 0.00592. The number of esters is 1. The number of hydrogen-bond donors (Lipinski definition) is 1. The number of unbranched alkanes of at least 4 members (excludes halogenated alkanes) is 11. The fraction of sp³-hybridized carbons (Fsp3) is 0.955. The Morgan fingerprint density at radius 2 is 1.36 bits per heavy atom. The number of rotatable bonds is 17. The molecule has 3 nitrogen and oxygen atoms in total. The van der Waals surface area contributed by atoms with Gasteiger partial charge < -0.3 is 9.84 Å². The van der Waals surface area contributed by atoms with Gasteiger partial charge in [0.15, 0.2) is 0 Å². The predicted octanol–water partition coefficient (Wildman–Crippen LogP) is 6.17. The Hall–Kier alpha value is -0.570. The lowest BCUT2D eigenvalue weighted by molar-refractivity contribution is -0.188. The third-order valence-electron chi connectivity index (χ3n) is 5.53. The molecule has 1 heterocycles. The molecule has 1 unspecified atom stereocenters. The minimum absolute atomic E-state index is 0.0253. The average Bonchev–Trinajstić information content (AvgIpc) is 2.59. The molecule has 0 aromatic carbocycles. The second kappa shape index (κ2) is 14.6.